The van der Waals surface area contributed by atoms with E-state index in [1.165, 1.54) is 18.4 Å². The molecule has 0 unspecified atom stereocenters. The molecule has 0 aliphatic heterocycles. The minimum atomic E-state index is -0.396. The topological polar surface area (TPSA) is 60.7 Å². The summed E-state index contributed by atoms with van der Waals surface area (Å²) >= 11 is 4.79. The highest BCUT2D eigenvalue weighted by atomic mass is 79.9. The number of methoxy groups -OCH3 is 1. The molecule has 0 spiro atoms. The summed E-state index contributed by atoms with van der Waals surface area (Å²) in [6.07, 6.45) is 0. The van der Waals surface area contributed by atoms with Gasteiger partial charge >= 0.3 is 5.97 Å². The molecule has 0 radical (unpaired) electrons. The summed E-state index contributed by atoms with van der Waals surface area (Å²) in [5.74, 6) is -0.740. The van der Waals surface area contributed by atoms with Crippen LogP contribution in [-0.4, -0.2) is 23.6 Å². The second kappa shape index (κ2) is 7.33. The Hall–Kier alpha value is -2.25. The summed E-state index contributed by atoms with van der Waals surface area (Å²) in [4.78, 5) is 28.9. The van der Waals surface area contributed by atoms with Crippen molar-refractivity contribution in [2.45, 2.75) is 13.5 Å². The van der Waals surface area contributed by atoms with Crippen molar-refractivity contribution >= 4 is 49.4 Å². The van der Waals surface area contributed by atoms with E-state index in [1.807, 2.05) is 37.3 Å². The zero-order chi connectivity index (χ0) is 18.0. The van der Waals surface area contributed by atoms with Crippen molar-refractivity contribution in [3.8, 4) is 0 Å². The molecule has 0 fully saturated rings. The molecule has 0 aliphatic rings. The van der Waals surface area contributed by atoms with Crippen molar-refractivity contribution in [3.63, 3.8) is 0 Å². The predicted octanol–water partition coefficient (Wildman–Crippen LogP) is 3.69. The molecule has 128 valence electrons. The van der Waals surface area contributed by atoms with Crippen LogP contribution in [0.3, 0.4) is 0 Å². The first kappa shape index (κ1) is 17.6. The van der Waals surface area contributed by atoms with Gasteiger partial charge in [0, 0.05) is 10.0 Å². The van der Waals surface area contributed by atoms with Crippen molar-refractivity contribution in [1.82, 2.24) is 4.57 Å². The van der Waals surface area contributed by atoms with Gasteiger partial charge in [0.25, 0.3) is 5.91 Å². The molecular weight excluding hydrogens is 404 g/mol. The number of amides is 1. The molecule has 3 rings (SSSR count). The molecule has 0 saturated carbocycles. The average Bonchev–Trinajstić information content (AvgIpc) is 2.91. The zero-order valence-electron chi connectivity index (χ0n) is 13.7. The molecule has 0 bridgehead atoms. The summed E-state index contributed by atoms with van der Waals surface area (Å²) in [7, 11) is 1.34. The Balaban J connectivity index is 2.13. The van der Waals surface area contributed by atoms with E-state index in [0.717, 1.165) is 20.3 Å². The van der Waals surface area contributed by atoms with Crippen molar-refractivity contribution < 1.29 is 14.3 Å². The molecule has 2 aromatic carbocycles. The number of fused-ring (bicyclic) bond motifs is 1. The molecule has 0 atom stereocenters. The third kappa shape index (κ3) is 3.88. The van der Waals surface area contributed by atoms with Crippen molar-refractivity contribution in [1.29, 1.82) is 0 Å². The lowest BCUT2D eigenvalue weighted by Gasteiger charge is -2.03. The number of carbonyl (C=O) groups is 2. The summed E-state index contributed by atoms with van der Waals surface area (Å²) in [6, 6.07) is 12.9. The normalized spacial score (nSPS) is 11.7. The van der Waals surface area contributed by atoms with Gasteiger partial charge in [-0.3, -0.25) is 9.59 Å². The molecule has 1 heterocycles. The fourth-order valence-electron chi connectivity index (χ4n) is 2.33. The second-order valence-electron chi connectivity index (χ2n) is 5.44. The van der Waals surface area contributed by atoms with Gasteiger partial charge in [-0.1, -0.05) is 45.0 Å². The fourth-order valence-corrected chi connectivity index (χ4v) is 3.91. The largest absolute Gasteiger partial charge is 0.468 e. The Bertz CT molecular complexity index is 1020. The molecular formula is C18H15BrN2O3S. The molecule has 5 nitrogen and oxygen atoms in total. The van der Waals surface area contributed by atoms with Crippen molar-refractivity contribution in [3.05, 3.63) is 62.9 Å². The van der Waals surface area contributed by atoms with Crippen LogP contribution in [0.5, 0.6) is 0 Å². The number of halogens is 1. The summed E-state index contributed by atoms with van der Waals surface area (Å²) in [5, 5.41) is 0. The van der Waals surface area contributed by atoms with Gasteiger partial charge in [0.1, 0.15) is 6.54 Å². The van der Waals surface area contributed by atoms with E-state index in [1.54, 1.807) is 16.7 Å². The number of esters is 1. The maximum Gasteiger partial charge on any atom is 0.325 e. The van der Waals surface area contributed by atoms with Gasteiger partial charge < -0.3 is 9.30 Å². The quantitative estimate of drug-likeness (QED) is 0.609. The van der Waals surface area contributed by atoms with E-state index in [9.17, 15) is 9.59 Å². The molecule has 3 aromatic rings. The number of nitrogens with zero attached hydrogens (tertiary/aromatic N) is 2. The maximum absolute atomic E-state index is 12.5. The van der Waals surface area contributed by atoms with Gasteiger partial charge in [-0.15, -0.1) is 0 Å². The number of ether oxygens (including phenoxy) is 1. The van der Waals surface area contributed by atoms with Gasteiger partial charge in [0.15, 0.2) is 4.80 Å². The number of hydrogen-bond acceptors (Lipinski definition) is 4. The molecule has 1 amide bonds. The third-order valence-corrected chi connectivity index (χ3v) is 5.19. The number of rotatable bonds is 3. The van der Waals surface area contributed by atoms with Gasteiger partial charge in [-0.2, -0.15) is 4.99 Å². The smallest absolute Gasteiger partial charge is 0.325 e. The summed E-state index contributed by atoms with van der Waals surface area (Å²) < 4.78 is 8.31. The van der Waals surface area contributed by atoms with Crippen LogP contribution in [0, 0.1) is 6.92 Å². The Labute approximate surface area is 156 Å². The third-order valence-electron chi connectivity index (χ3n) is 3.66. The van der Waals surface area contributed by atoms with E-state index in [2.05, 4.69) is 20.9 Å². The molecule has 0 aliphatic carbocycles. The van der Waals surface area contributed by atoms with Gasteiger partial charge in [0.05, 0.1) is 17.3 Å². The van der Waals surface area contributed by atoms with Gasteiger partial charge in [-0.05, 0) is 37.3 Å². The SMILES string of the molecule is COC(=O)Cn1c(=NC(=O)c2ccc(C)cc2)sc2cc(Br)ccc21. The Morgan fingerprint density at radius 3 is 2.60 bits per heavy atom. The number of thiazole rings is 1. The van der Waals surface area contributed by atoms with Crippen LogP contribution in [0.2, 0.25) is 0 Å². The zero-order valence-corrected chi connectivity index (χ0v) is 16.1. The van der Waals surface area contributed by atoms with Gasteiger partial charge in [-0.25, -0.2) is 0 Å². The highest BCUT2D eigenvalue weighted by Gasteiger charge is 2.12. The monoisotopic (exact) mass is 418 g/mol. The number of carbonyl (C=O) groups excluding carboxylic acids is 2. The molecule has 7 heteroatoms. The van der Waals surface area contributed by atoms with Crippen molar-refractivity contribution in [2.24, 2.45) is 4.99 Å². The first-order valence-electron chi connectivity index (χ1n) is 7.49. The van der Waals surface area contributed by atoms with E-state index in [-0.39, 0.29) is 12.5 Å². The van der Waals surface area contributed by atoms with Gasteiger partial charge in [0.2, 0.25) is 0 Å². The van der Waals surface area contributed by atoms with Crippen LogP contribution in [0.4, 0.5) is 0 Å². The second-order valence-corrected chi connectivity index (χ2v) is 7.37. The van der Waals surface area contributed by atoms with E-state index in [0.29, 0.717) is 10.4 Å². The first-order valence-corrected chi connectivity index (χ1v) is 9.10. The number of hydrogen-bond donors (Lipinski definition) is 0. The van der Waals surface area contributed by atoms with Crippen LogP contribution in [0.1, 0.15) is 15.9 Å². The summed E-state index contributed by atoms with van der Waals surface area (Å²) in [5.41, 5.74) is 2.41. The summed E-state index contributed by atoms with van der Waals surface area (Å²) in [6.45, 7) is 1.96. The molecule has 1 aromatic heterocycles. The van der Waals surface area contributed by atoms with Crippen LogP contribution < -0.4 is 4.80 Å². The lowest BCUT2D eigenvalue weighted by atomic mass is 10.1. The maximum atomic E-state index is 12.5. The highest BCUT2D eigenvalue weighted by Crippen LogP contribution is 2.22. The lowest BCUT2D eigenvalue weighted by Crippen LogP contribution is -2.22. The van der Waals surface area contributed by atoms with Crippen LogP contribution in [0.25, 0.3) is 10.2 Å². The Morgan fingerprint density at radius 2 is 1.92 bits per heavy atom. The standard InChI is InChI=1S/C18H15BrN2O3S/c1-11-3-5-12(6-4-11)17(23)20-18-21(10-16(22)24-2)14-8-7-13(19)9-15(14)25-18/h3-9H,10H2,1-2H3. The number of benzene rings is 2. The van der Waals surface area contributed by atoms with Crippen molar-refractivity contribution in [2.75, 3.05) is 7.11 Å². The van der Waals surface area contributed by atoms with Crippen LogP contribution in [-0.2, 0) is 16.1 Å². The molecule has 0 N–H and O–H groups in total. The highest BCUT2D eigenvalue weighted by molar-refractivity contribution is 9.10. The molecule has 25 heavy (non-hydrogen) atoms. The Morgan fingerprint density at radius 1 is 1.20 bits per heavy atom. The van der Waals surface area contributed by atoms with E-state index in [4.69, 9.17) is 4.74 Å². The van der Waals surface area contributed by atoms with Crippen LogP contribution >= 0.6 is 27.3 Å². The van der Waals surface area contributed by atoms with E-state index < -0.39 is 5.97 Å². The first-order chi connectivity index (χ1) is 12.0. The number of aromatic nitrogens is 1. The predicted molar refractivity (Wildman–Crippen MR) is 101 cm³/mol. The minimum absolute atomic E-state index is 0.00184. The van der Waals surface area contributed by atoms with E-state index >= 15 is 0 Å². The molecule has 0 saturated heterocycles. The minimum Gasteiger partial charge on any atom is -0.468 e. The Kier molecular flexibility index (Phi) is 5.15. The van der Waals surface area contributed by atoms with Crippen LogP contribution in [0.15, 0.2) is 51.9 Å². The lowest BCUT2D eigenvalue weighted by molar-refractivity contribution is -0.141. The number of aryl methyl sites for hydroxylation is 1. The average molecular weight is 419 g/mol. The fraction of sp³-hybridized carbons (Fsp3) is 0.167.